The maximum atomic E-state index is 10.9. The number of hydrogen-bond acceptors (Lipinski definition) is 3. The lowest BCUT2D eigenvalue weighted by atomic mass is 9.85. The Morgan fingerprint density at radius 1 is 1.56 bits per heavy atom. The quantitative estimate of drug-likeness (QED) is 0.727. The first kappa shape index (κ1) is 13.5. The van der Waals surface area contributed by atoms with E-state index in [-0.39, 0.29) is 5.92 Å². The molecule has 4 heteroatoms. The number of hydrogen-bond donors (Lipinski definition) is 2. The highest BCUT2D eigenvalue weighted by molar-refractivity contribution is 5.70. The minimum Gasteiger partial charge on any atom is -0.481 e. The summed E-state index contributed by atoms with van der Waals surface area (Å²) in [6.45, 7) is 2.82. The normalized spacial score (nSPS) is 27.6. The van der Waals surface area contributed by atoms with Crippen molar-refractivity contribution in [3.8, 4) is 0 Å². The second-order valence-electron chi connectivity index (χ2n) is 4.63. The number of carboxylic acid groups (broad SMARTS) is 1. The minimum absolute atomic E-state index is 0.161. The zero-order valence-corrected chi connectivity index (χ0v) is 10.2. The number of ether oxygens (including phenoxy) is 1. The molecule has 4 nitrogen and oxygen atoms in total. The second kappa shape index (κ2) is 6.86. The van der Waals surface area contributed by atoms with Gasteiger partial charge in [-0.1, -0.05) is 13.3 Å². The minimum atomic E-state index is -0.647. The molecule has 0 saturated heterocycles. The van der Waals surface area contributed by atoms with Crippen molar-refractivity contribution in [2.45, 2.75) is 51.1 Å². The molecule has 0 heterocycles. The van der Waals surface area contributed by atoms with Crippen LogP contribution in [0.2, 0.25) is 0 Å². The molecule has 0 aliphatic heterocycles. The van der Waals surface area contributed by atoms with Crippen molar-refractivity contribution < 1.29 is 14.6 Å². The highest BCUT2D eigenvalue weighted by Gasteiger charge is 2.27. The summed E-state index contributed by atoms with van der Waals surface area (Å²) >= 11 is 0. The summed E-state index contributed by atoms with van der Waals surface area (Å²) in [5.41, 5.74) is 0. The van der Waals surface area contributed by atoms with E-state index in [1.807, 2.05) is 0 Å². The molecule has 1 aliphatic rings. The number of aliphatic carboxylic acids is 1. The Kier molecular flexibility index (Phi) is 5.77. The molecule has 0 bridgehead atoms. The van der Waals surface area contributed by atoms with Crippen molar-refractivity contribution in [1.82, 2.24) is 5.32 Å². The molecule has 1 saturated carbocycles. The largest absolute Gasteiger partial charge is 0.481 e. The lowest BCUT2D eigenvalue weighted by molar-refractivity contribution is -0.143. The van der Waals surface area contributed by atoms with E-state index in [1.54, 1.807) is 7.11 Å². The topological polar surface area (TPSA) is 58.6 Å². The van der Waals surface area contributed by atoms with Crippen molar-refractivity contribution in [2.24, 2.45) is 5.92 Å². The van der Waals surface area contributed by atoms with Crippen molar-refractivity contribution in [2.75, 3.05) is 13.7 Å². The number of methoxy groups -OCH3 is 1. The van der Waals surface area contributed by atoms with Crippen LogP contribution in [0.5, 0.6) is 0 Å². The highest BCUT2D eigenvalue weighted by Crippen LogP contribution is 2.24. The molecule has 1 fully saturated rings. The van der Waals surface area contributed by atoms with E-state index in [4.69, 9.17) is 9.84 Å². The molecule has 16 heavy (non-hydrogen) atoms. The molecule has 0 radical (unpaired) electrons. The molecular weight excluding hydrogens is 206 g/mol. The summed E-state index contributed by atoms with van der Waals surface area (Å²) in [6.07, 6.45) is 4.70. The van der Waals surface area contributed by atoms with Gasteiger partial charge in [0.1, 0.15) is 0 Å². The van der Waals surface area contributed by atoms with E-state index in [9.17, 15) is 4.79 Å². The van der Waals surface area contributed by atoms with E-state index in [1.165, 1.54) is 0 Å². The SMILES string of the molecule is CCC(COC)NC1CCCC(C(=O)O)C1. The average molecular weight is 229 g/mol. The Labute approximate surface area is 97.4 Å². The summed E-state index contributed by atoms with van der Waals surface area (Å²) in [5, 5.41) is 12.5. The van der Waals surface area contributed by atoms with Crippen LogP contribution in [-0.4, -0.2) is 36.9 Å². The van der Waals surface area contributed by atoms with Crippen LogP contribution in [0.15, 0.2) is 0 Å². The maximum absolute atomic E-state index is 10.9. The monoisotopic (exact) mass is 229 g/mol. The summed E-state index contributed by atoms with van der Waals surface area (Å²) in [4.78, 5) is 10.9. The zero-order chi connectivity index (χ0) is 12.0. The Morgan fingerprint density at radius 2 is 2.31 bits per heavy atom. The van der Waals surface area contributed by atoms with Gasteiger partial charge < -0.3 is 15.2 Å². The molecule has 0 aromatic heterocycles. The summed E-state index contributed by atoms with van der Waals surface area (Å²) < 4.78 is 5.13. The zero-order valence-electron chi connectivity index (χ0n) is 10.2. The van der Waals surface area contributed by atoms with Crippen molar-refractivity contribution in [3.63, 3.8) is 0 Å². The smallest absolute Gasteiger partial charge is 0.306 e. The van der Waals surface area contributed by atoms with E-state index >= 15 is 0 Å². The van der Waals surface area contributed by atoms with E-state index < -0.39 is 5.97 Å². The third-order valence-electron chi connectivity index (χ3n) is 3.36. The first-order chi connectivity index (χ1) is 7.67. The van der Waals surface area contributed by atoms with Gasteiger partial charge in [0.05, 0.1) is 12.5 Å². The van der Waals surface area contributed by atoms with Gasteiger partial charge in [0, 0.05) is 19.2 Å². The highest BCUT2D eigenvalue weighted by atomic mass is 16.5. The Hall–Kier alpha value is -0.610. The molecular formula is C12H23NO3. The van der Waals surface area contributed by atoms with Crippen LogP contribution < -0.4 is 5.32 Å². The molecule has 0 aromatic carbocycles. The van der Waals surface area contributed by atoms with Crippen LogP contribution in [0.25, 0.3) is 0 Å². The molecule has 3 atom stereocenters. The fraction of sp³-hybridized carbons (Fsp3) is 0.917. The van der Waals surface area contributed by atoms with Gasteiger partial charge in [0.2, 0.25) is 0 Å². The Balaban J connectivity index is 2.38. The van der Waals surface area contributed by atoms with E-state index in [0.717, 1.165) is 32.1 Å². The van der Waals surface area contributed by atoms with Gasteiger partial charge in [0.15, 0.2) is 0 Å². The fourth-order valence-corrected chi connectivity index (χ4v) is 2.38. The van der Waals surface area contributed by atoms with E-state index in [2.05, 4.69) is 12.2 Å². The Bertz CT molecular complexity index is 220. The second-order valence-corrected chi connectivity index (χ2v) is 4.63. The van der Waals surface area contributed by atoms with Gasteiger partial charge in [0.25, 0.3) is 0 Å². The number of rotatable bonds is 6. The van der Waals surface area contributed by atoms with Crippen molar-refractivity contribution in [1.29, 1.82) is 0 Å². The summed E-state index contributed by atoms with van der Waals surface area (Å²) in [7, 11) is 1.70. The molecule has 1 rings (SSSR count). The van der Waals surface area contributed by atoms with Crippen LogP contribution >= 0.6 is 0 Å². The molecule has 2 N–H and O–H groups in total. The van der Waals surface area contributed by atoms with Crippen LogP contribution in [0.3, 0.4) is 0 Å². The van der Waals surface area contributed by atoms with Gasteiger partial charge >= 0.3 is 5.97 Å². The predicted molar refractivity (Wildman–Crippen MR) is 62.5 cm³/mol. The third kappa shape index (κ3) is 4.10. The lowest BCUT2D eigenvalue weighted by Crippen LogP contribution is -2.44. The van der Waals surface area contributed by atoms with Crippen LogP contribution in [0.4, 0.5) is 0 Å². The van der Waals surface area contributed by atoms with Gasteiger partial charge in [-0.25, -0.2) is 0 Å². The molecule has 0 aromatic rings. The molecule has 1 aliphatic carbocycles. The number of nitrogens with one attached hydrogen (secondary N) is 1. The summed E-state index contributed by atoms with van der Waals surface area (Å²) in [5.74, 6) is -0.808. The van der Waals surface area contributed by atoms with Crippen LogP contribution in [0.1, 0.15) is 39.0 Å². The maximum Gasteiger partial charge on any atom is 0.306 e. The lowest BCUT2D eigenvalue weighted by Gasteiger charge is -2.30. The van der Waals surface area contributed by atoms with Gasteiger partial charge in [-0.05, 0) is 25.7 Å². The standard InChI is InChI=1S/C12H23NO3/c1-3-10(8-16-2)13-11-6-4-5-9(7-11)12(14)15/h9-11,13H,3-8H2,1-2H3,(H,14,15). The average Bonchev–Trinajstić information content (AvgIpc) is 2.29. The number of carboxylic acids is 1. The van der Waals surface area contributed by atoms with Gasteiger partial charge in [-0.2, -0.15) is 0 Å². The van der Waals surface area contributed by atoms with Crippen LogP contribution in [-0.2, 0) is 9.53 Å². The molecule has 0 amide bonds. The molecule has 0 spiro atoms. The Morgan fingerprint density at radius 3 is 2.88 bits per heavy atom. The first-order valence-electron chi connectivity index (χ1n) is 6.15. The fourth-order valence-electron chi connectivity index (χ4n) is 2.38. The molecule has 3 unspecified atom stereocenters. The predicted octanol–water partition coefficient (Wildman–Crippen LogP) is 1.64. The molecule has 94 valence electrons. The van der Waals surface area contributed by atoms with Gasteiger partial charge in [-0.3, -0.25) is 4.79 Å². The van der Waals surface area contributed by atoms with Crippen molar-refractivity contribution >= 4 is 5.97 Å². The third-order valence-corrected chi connectivity index (χ3v) is 3.36. The van der Waals surface area contributed by atoms with E-state index in [0.29, 0.717) is 18.7 Å². The van der Waals surface area contributed by atoms with Gasteiger partial charge in [-0.15, -0.1) is 0 Å². The number of carbonyl (C=O) groups is 1. The van der Waals surface area contributed by atoms with Crippen LogP contribution in [0, 0.1) is 5.92 Å². The summed E-state index contributed by atoms with van der Waals surface area (Å²) in [6, 6.07) is 0.692. The first-order valence-corrected chi connectivity index (χ1v) is 6.15. The van der Waals surface area contributed by atoms with Crippen molar-refractivity contribution in [3.05, 3.63) is 0 Å².